The van der Waals surface area contributed by atoms with Crippen molar-refractivity contribution in [3.05, 3.63) is 108 Å². The molecule has 0 fully saturated rings. The van der Waals surface area contributed by atoms with E-state index in [-0.39, 0.29) is 18.3 Å². The summed E-state index contributed by atoms with van der Waals surface area (Å²) in [6.07, 6.45) is 0.981. The lowest BCUT2D eigenvalue weighted by atomic mass is 9.93. The van der Waals surface area contributed by atoms with Gasteiger partial charge >= 0.3 is 0 Å². The molecule has 0 spiro atoms. The van der Waals surface area contributed by atoms with Crippen LogP contribution in [0.3, 0.4) is 0 Å². The van der Waals surface area contributed by atoms with E-state index in [2.05, 4.69) is 4.99 Å². The zero-order valence-electron chi connectivity index (χ0n) is 19.1. The first kappa shape index (κ1) is 24.5. The number of amides is 2. The molecule has 0 unspecified atom stereocenters. The van der Waals surface area contributed by atoms with Crippen molar-refractivity contribution in [2.24, 2.45) is 22.2 Å². The van der Waals surface area contributed by atoms with E-state index < -0.39 is 18.0 Å². The lowest BCUT2D eigenvalue weighted by Crippen LogP contribution is -2.50. The molecule has 34 heavy (non-hydrogen) atoms. The van der Waals surface area contributed by atoms with Crippen LogP contribution >= 0.6 is 0 Å². The van der Waals surface area contributed by atoms with Gasteiger partial charge in [-0.1, -0.05) is 91.0 Å². The standard InChI is InChI=1S/C27H31N5O2/c28-26(34)23(17-10-18-31-27(29)30)32(24(33)19-20-11-4-1-5-12-20)25(21-13-6-2-7-14-21)22-15-8-3-9-16-22/h1-9,11-16,23,25H,10,17-19H2,(H2,28,34)(H4,29,30,31)/t23-/m1/s1. The van der Waals surface area contributed by atoms with Gasteiger partial charge in [0.2, 0.25) is 11.8 Å². The van der Waals surface area contributed by atoms with E-state index in [1.165, 1.54) is 0 Å². The maximum atomic E-state index is 13.8. The number of aliphatic imine (C=N–C) groups is 1. The van der Waals surface area contributed by atoms with Crippen molar-refractivity contribution in [1.29, 1.82) is 0 Å². The van der Waals surface area contributed by atoms with E-state index in [1.807, 2.05) is 91.0 Å². The molecule has 1 atom stereocenters. The fourth-order valence-corrected chi connectivity index (χ4v) is 4.06. The van der Waals surface area contributed by atoms with E-state index in [9.17, 15) is 9.59 Å². The first-order valence-corrected chi connectivity index (χ1v) is 11.3. The fraction of sp³-hybridized carbons (Fsp3) is 0.222. The second-order valence-electron chi connectivity index (χ2n) is 8.05. The Balaban J connectivity index is 2.05. The monoisotopic (exact) mass is 457 g/mol. The third-order valence-electron chi connectivity index (χ3n) is 5.59. The minimum Gasteiger partial charge on any atom is -0.370 e. The minimum atomic E-state index is -0.837. The summed E-state index contributed by atoms with van der Waals surface area (Å²) in [5.74, 6) is -0.767. The van der Waals surface area contributed by atoms with Crippen LogP contribution in [0, 0.1) is 0 Å². The normalized spacial score (nSPS) is 11.6. The van der Waals surface area contributed by atoms with E-state index in [4.69, 9.17) is 17.2 Å². The SMILES string of the molecule is NC(=O)[C@@H](CCCN=C(N)N)N(C(=O)Cc1ccccc1)C(c1ccccc1)c1ccccc1. The smallest absolute Gasteiger partial charge is 0.240 e. The highest BCUT2D eigenvalue weighted by Gasteiger charge is 2.35. The number of hydrogen-bond donors (Lipinski definition) is 3. The van der Waals surface area contributed by atoms with Gasteiger partial charge in [-0.25, -0.2) is 0 Å². The van der Waals surface area contributed by atoms with E-state index in [1.54, 1.807) is 4.90 Å². The highest BCUT2D eigenvalue weighted by molar-refractivity contribution is 5.88. The molecular formula is C27H31N5O2. The summed E-state index contributed by atoms with van der Waals surface area (Å²) in [6.45, 7) is 0.341. The number of guanidine groups is 1. The molecule has 3 rings (SSSR count). The average Bonchev–Trinajstić information content (AvgIpc) is 2.84. The highest BCUT2D eigenvalue weighted by Crippen LogP contribution is 2.32. The van der Waals surface area contributed by atoms with Crippen molar-refractivity contribution in [2.45, 2.75) is 31.3 Å². The molecule has 7 heteroatoms. The molecule has 0 bridgehead atoms. The van der Waals surface area contributed by atoms with Crippen LogP contribution in [0.4, 0.5) is 0 Å². The van der Waals surface area contributed by atoms with Gasteiger partial charge in [0.05, 0.1) is 12.5 Å². The molecule has 6 N–H and O–H groups in total. The summed E-state index contributed by atoms with van der Waals surface area (Å²) < 4.78 is 0. The van der Waals surface area contributed by atoms with Crippen molar-refractivity contribution < 1.29 is 9.59 Å². The van der Waals surface area contributed by atoms with E-state index in [0.29, 0.717) is 19.4 Å². The molecule has 0 aliphatic carbocycles. The van der Waals surface area contributed by atoms with Crippen LogP contribution in [0.15, 0.2) is 96.0 Å². The Morgan fingerprint density at radius 1 is 0.765 bits per heavy atom. The van der Waals surface area contributed by atoms with Gasteiger partial charge in [0.1, 0.15) is 6.04 Å². The Labute approximate surface area is 200 Å². The summed E-state index contributed by atoms with van der Waals surface area (Å²) in [4.78, 5) is 32.2. The van der Waals surface area contributed by atoms with Crippen LogP contribution in [-0.2, 0) is 16.0 Å². The summed E-state index contributed by atoms with van der Waals surface area (Å²) in [5.41, 5.74) is 19.4. The van der Waals surface area contributed by atoms with Crippen LogP contribution in [0.1, 0.15) is 35.6 Å². The second-order valence-corrected chi connectivity index (χ2v) is 8.05. The summed E-state index contributed by atoms with van der Waals surface area (Å²) in [6, 6.07) is 27.5. The van der Waals surface area contributed by atoms with Gasteiger partial charge in [0, 0.05) is 6.54 Å². The van der Waals surface area contributed by atoms with Crippen molar-refractivity contribution in [3.63, 3.8) is 0 Å². The topological polar surface area (TPSA) is 128 Å². The maximum absolute atomic E-state index is 13.8. The summed E-state index contributed by atoms with van der Waals surface area (Å²) >= 11 is 0. The molecule has 0 radical (unpaired) electrons. The largest absolute Gasteiger partial charge is 0.370 e. The van der Waals surface area contributed by atoms with Crippen LogP contribution < -0.4 is 17.2 Å². The molecule has 0 saturated carbocycles. The summed E-state index contributed by atoms with van der Waals surface area (Å²) in [5, 5.41) is 0. The molecule has 3 aromatic carbocycles. The van der Waals surface area contributed by atoms with Gasteiger partial charge in [-0.2, -0.15) is 0 Å². The number of primary amides is 1. The van der Waals surface area contributed by atoms with E-state index >= 15 is 0 Å². The Hall–Kier alpha value is -4.13. The number of hydrogen-bond acceptors (Lipinski definition) is 3. The average molecular weight is 458 g/mol. The molecule has 0 heterocycles. The van der Waals surface area contributed by atoms with Crippen molar-refractivity contribution in [2.75, 3.05) is 6.54 Å². The Morgan fingerprint density at radius 3 is 1.74 bits per heavy atom. The molecule has 7 nitrogen and oxygen atoms in total. The quantitative estimate of drug-likeness (QED) is 0.232. The Kier molecular flexibility index (Phi) is 8.80. The van der Waals surface area contributed by atoms with Gasteiger partial charge < -0.3 is 22.1 Å². The van der Waals surface area contributed by atoms with Crippen LogP contribution in [-0.4, -0.2) is 35.3 Å². The summed E-state index contributed by atoms with van der Waals surface area (Å²) in [7, 11) is 0. The number of rotatable bonds is 11. The van der Waals surface area contributed by atoms with Gasteiger partial charge in [-0.15, -0.1) is 0 Å². The van der Waals surface area contributed by atoms with Crippen LogP contribution in [0.5, 0.6) is 0 Å². The first-order valence-electron chi connectivity index (χ1n) is 11.3. The van der Waals surface area contributed by atoms with Crippen molar-refractivity contribution in [3.8, 4) is 0 Å². The molecule has 3 aromatic rings. The first-order chi connectivity index (χ1) is 16.5. The fourth-order valence-electron chi connectivity index (χ4n) is 4.06. The van der Waals surface area contributed by atoms with Crippen LogP contribution in [0.25, 0.3) is 0 Å². The molecule has 0 aliphatic heterocycles. The maximum Gasteiger partial charge on any atom is 0.240 e. The van der Waals surface area contributed by atoms with Gasteiger partial charge in [0.25, 0.3) is 0 Å². The predicted molar refractivity (Wildman–Crippen MR) is 135 cm³/mol. The van der Waals surface area contributed by atoms with E-state index in [0.717, 1.165) is 16.7 Å². The highest BCUT2D eigenvalue weighted by atomic mass is 16.2. The number of carbonyl (C=O) groups is 2. The molecule has 2 amide bonds. The van der Waals surface area contributed by atoms with Crippen molar-refractivity contribution in [1.82, 2.24) is 4.90 Å². The molecule has 0 aliphatic rings. The van der Waals surface area contributed by atoms with Gasteiger partial charge in [0.15, 0.2) is 5.96 Å². The predicted octanol–water partition coefficient (Wildman–Crippen LogP) is 2.75. The molecule has 0 aromatic heterocycles. The van der Waals surface area contributed by atoms with Gasteiger partial charge in [-0.05, 0) is 29.5 Å². The molecule has 176 valence electrons. The third-order valence-corrected chi connectivity index (χ3v) is 5.59. The number of nitrogens with zero attached hydrogens (tertiary/aromatic N) is 2. The number of benzene rings is 3. The Bertz CT molecular complexity index is 1040. The second kappa shape index (κ2) is 12.2. The molecule has 0 saturated heterocycles. The third kappa shape index (κ3) is 6.68. The zero-order chi connectivity index (χ0) is 24.3. The lowest BCUT2D eigenvalue weighted by molar-refractivity contribution is -0.141. The lowest BCUT2D eigenvalue weighted by Gasteiger charge is -2.38. The molecular weight excluding hydrogens is 426 g/mol. The Morgan fingerprint density at radius 2 is 1.26 bits per heavy atom. The minimum absolute atomic E-state index is 0.0147. The van der Waals surface area contributed by atoms with Crippen LogP contribution in [0.2, 0.25) is 0 Å². The number of carbonyl (C=O) groups excluding carboxylic acids is 2. The zero-order valence-corrected chi connectivity index (χ0v) is 19.1. The van der Waals surface area contributed by atoms with Crippen molar-refractivity contribution >= 4 is 17.8 Å². The number of nitrogens with two attached hydrogens (primary N) is 3. The van der Waals surface area contributed by atoms with Gasteiger partial charge in [-0.3, -0.25) is 14.6 Å².